The van der Waals surface area contributed by atoms with Crippen LogP contribution in [0.25, 0.3) is 0 Å². The Kier molecular flexibility index (Phi) is 3.71. The van der Waals surface area contributed by atoms with Crippen LogP contribution < -0.4 is 10.6 Å². The van der Waals surface area contributed by atoms with Crippen LogP contribution in [0.3, 0.4) is 0 Å². The van der Waals surface area contributed by atoms with Crippen molar-refractivity contribution in [3.05, 3.63) is 35.1 Å². The second-order valence-corrected chi connectivity index (χ2v) is 4.50. The molecule has 98 valence electrons. The first-order valence-corrected chi connectivity index (χ1v) is 6.11. The Morgan fingerprint density at radius 3 is 2.74 bits per heavy atom. The predicted molar refractivity (Wildman–Crippen MR) is 70.7 cm³/mol. The van der Waals surface area contributed by atoms with Gasteiger partial charge in [0.1, 0.15) is 0 Å². The third kappa shape index (κ3) is 3.49. The molecule has 0 fully saturated rings. The molecule has 0 aliphatic rings. The molecule has 0 bridgehead atoms. The molecule has 0 unspecified atom stereocenters. The maximum absolute atomic E-state index is 11.6. The molecule has 19 heavy (non-hydrogen) atoms. The Morgan fingerprint density at radius 2 is 2.11 bits per heavy atom. The van der Waals surface area contributed by atoms with Crippen molar-refractivity contribution in [3.8, 4) is 0 Å². The van der Waals surface area contributed by atoms with Crippen LogP contribution in [0.15, 0.2) is 23.8 Å². The van der Waals surface area contributed by atoms with Crippen molar-refractivity contribution < 1.29 is 14.7 Å². The Labute approximate surface area is 112 Å². The van der Waals surface area contributed by atoms with Gasteiger partial charge < -0.3 is 10.4 Å². The van der Waals surface area contributed by atoms with Gasteiger partial charge in [0.25, 0.3) is 0 Å². The van der Waals surface area contributed by atoms with Crippen molar-refractivity contribution in [2.24, 2.45) is 0 Å². The highest BCUT2D eigenvalue weighted by Gasteiger charge is 2.08. The van der Waals surface area contributed by atoms with Gasteiger partial charge in [-0.2, -0.15) is 0 Å². The molecular formula is C11H10N4O3S. The number of anilines is 2. The van der Waals surface area contributed by atoms with Gasteiger partial charge in [0.05, 0.1) is 23.1 Å². The Hall–Kier alpha value is -2.48. The number of aryl methyl sites for hydroxylation is 1. The molecule has 2 aromatic rings. The fourth-order valence-electron chi connectivity index (χ4n) is 1.30. The zero-order valence-corrected chi connectivity index (χ0v) is 10.7. The zero-order chi connectivity index (χ0) is 13.8. The molecule has 0 spiro atoms. The van der Waals surface area contributed by atoms with Crippen molar-refractivity contribution in [1.82, 2.24) is 9.97 Å². The van der Waals surface area contributed by atoms with Crippen LogP contribution in [0, 0.1) is 6.92 Å². The van der Waals surface area contributed by atoms with Crippen molar-refractivity contribution in [2.75, 3.05) is 10.6 Å². The first kappa shape index (κ1) is 13.0. The summed E-state index contributed by atoms with van der Waals surface area (Å²) >= 11 is 1.30. The number of hydrogen-bond acceptors (Lipinski definition) is 5. The third-order valence-corrected chi connectivity index (χ3v) is 2.96. The number of aromatic carboxylic acids is 1. The first-order chi connectivity index (χ1) is 9.04. The molecule has 2 heterocycles. The summed E-state index contributed by atoms with van der Waals surface area (Å²) in [4.78, 5) is 30.2. The van der Waals surface area contributed by atoms with Crippen LogP contribution >= 0.6 is 11.3 Å². The van der Waals surface area contributed by atoms with Gasteiger partial charge in [0, 0.05) is 11.6 Å². The minimum Gasteiger partial charge on any atom is -0.478 e. The van der Waals surface area contributed by atoms with Gasteiger partial charge in [0.2, 0.25) is 0 Å². The molecule has 0 atom stereocenters. The number of amides is 2. The smallest absolute Gasteiger partial charge is 0.337 e. The van der Waals surface area contributed by atoms with Gasteiger partial charge in [-0.05, 0) is 13.0 Å². The molecule has 2 amide bonds. The number of hydrogen-bond donors (Lipinski definition) is 3. The lowest BCUT2D eigenvalue weighted by Crippen LogP contribution is -2.19. The fourth-order valence-corrected chi connectivity index (χ4v) is 1.98. The molecule has 3 N–H and O–H groups in total. The summed E-state index contributed by atoms with van der Waals surface area (Å²) < 4.78 is 0. The summed E-state index contributed by atoms with van der Waals surface area (Å²) in [7, 11) is 0. The number of carboxylic acid groups (broad SMARTS) is 1. The van der Waals surface area contributed by atoms with E-state index in [4.69, 9.17) is 5.11 Å². The lowest BCUT2D eigenvalue weighted by atomic mass is 10.3. The number of carbonyl (C=O) groups excluding carboxylic acids is 1. The Balaban J connectivity index is 2.02. The highest BCUT2D eigenvalue weighted by Crippen LogP contribution is 2.15. The minimum absolute atomic E-state index is 0.00268. The van der Waals surface area contributed by atoms with E-state index in [1.165, 1.54) is 29.8 Å². The molecule has 8 heteroatoms. The van der Waals surface area contributed by atoms with Crippen LogP contribution in [0.2, 0.25) is 0 Å². The highest BCUT2D eigenvalue weighted by atomic mass is 32.1. The number of carbonyl (C=O) groups is 2. The maximum Gasteiger partial charge on any atom is 0.337 e. The summed E-state index contributed by atoms with van der Waals surface area (Å²) in [6, 6.07) is 0.820. The van der Waals surface area contributed by atoms with Crippen molar-refractivity contribution in [1.29, 1.82) is 0 Å². The summed E-state index contributed by atoms with van der Waals surface area (Å²) in [5.74, 6) is -1.10. The van der Waals surface area contributed by atoms with Crippen LogP contribution in [0.1, 0.15) is 16.1 Å². The van der Waals surface area contributed by atoms with E-state index in [9.17, 15) is 9.59 Å². The summed E-state index contributed by atoms with van der Waals surface area (Å²) in [5, 5.41) is 16.1. The quantitative estimate of drug-likeness (QED) is 0.798. The van der Waals surface area contributed by atoms with Crippen LogP contribution in [0.5, 0.6) is 0 Å². The van der Waals surface area contributed by atoms with E-state index in [1.807, 2.05) is 12.3 Å². The number of nitrogens with zero attached hydrogens (tertiary/aromatic N) is 2. The summed E-state index contributed by atoms with van der Waals surface area (Å²) in [6.45, 7) is 1.82. The van der Waals surface area contributed by atoms with Crippen LogP contribution in [-0.4, -0.2) is 27.1 Å². The molecule has 2 aromatic heterocycles. The van der Waals surface area contributed by atoms with E-state index < -0.39 is 12.0 Å². The lowest BCUT2D eigenvalue weighted by Gasteiger charge is -2.05. The van der Waals surface area contributed by atoms with E-state index in [2.05, 4.69) is 20.6 Å². The van der Waals surface area contributed by atoms with Gasteiger partial charge in [0.15, 0.2) is 5.13 Å². The molecular weight excluding hydrogens is 268 g/mol. The molecule has 0 saturated carbocycles. The van der Waals surface area contributed by atoms with Gasteiger partial charge in [-0.25, -0.2) is 14.6 Å². The van der Waals surface area contributed by atoms with Gasteiger partial charge in [-0.3, -0.25) is 10.3 Å². The van der Waals surface area contributed by atoms with E-state index in [0.717, 1.165) is 5.69 Å². The standard InChI is InChI=1S/C11H10N4O3S/c1-6-5-19-11(13-6)15-10(18)14-8-2-7(9(16)17)3-12-4-8/h2-5H,1H3,(H,16,17)(H2,13,14,15,18). The van der Waals surface area contributed by atoms with Crippen molar-refractivity contribution in [2.45, 2.75) is 6.92 Å². The molecule has 7 nitrogen and oxygen atoms in total. The van der Waals surface area contributed by atoms with E-state index in [-0.39, 0.29) is 5.56 Å². The molecule has 0 saturated heterocycles. The van der Waals surface area contributed by atoms with E-state index >= 15 is 0 Å². The average Bonchev–Trinajstić information content (AvgIpc) is 2.74. The molecule has 0 aliphatic heterocycles. The second kappa shape index (κ2) is 5.44. The molecule has 0 aromatic carbocycles. The molecule has 0 aliphatic carbocycles. The maximum atomic E-state index is 11.6. The Morgan fingerprint density at radius 1 is 1.32 bits per heavy atom. The van der Waals surface area contributed by atoms with E-state index in [0.29, 0.717) is 10.8 Å². The predicted octanol–water partition coefficient (Wildman–Crippen LogP) is 2.19. The fraction of sp³-hybridized carbons (Fsp3) is 0.0909. The highest BCUT2D eigenvalue weighted by molar-refractivity contribution is 7.13. The monoisotopic (exact) mass is 278 g/mol. The number of thiazole rings is 1. The van der Waals surface area contributed by atoms with Gasteiger partial charge >= 0.3 is 12.0 Å². The second-order valence-electron chi connectivity index (χ2n) is 3.64. The summed E-state index contributed by atoms with van der Waals surface area (Å²) in [5.41, 5.74) is 1.11. The zero-order valence-electron chi connectivity index (χ0n) is 9.88. The summed E-state index contributed by atoms with van der Waals surface area (Å²) in [6.07, 6.45) is 2.56. The number of pyridine rings is 1. The normalized spacial score (nSPS) is 9.95. The first-order valence-electron chi connectivity index (χ1n) is 5.23. The number of aromatic nitrogens is 2. The van der Waals surface area contributed by atoms with Crippen LogP contribution in [-0.2, 0) is 0 Å². The molecule has 0 radical (unpaired) electrons. The van der Waals surface area contributed by atoms with Crippen molar-refractivity contribution in [3.63, 3.8) is 0 Å². The number of carboxylic acids is 1. The average molecular weight is 278 g/mol. The topological polar surface area (TPSA) is 104 Å². The SMILES string of the molecule is Cc1csc(NC(=O)Nc2cncc(C(=O)O)c2)n1. The van der Waals surface area contributed by atoms with Gasteiger partial charge in [-0.1, -0.05) is 0 Å². The van der Waals surface area contributed by atoms with E-state index in [1.54, 1.807) is 0 Å². The number of urea groups is 1. The minimum atomic E-state index is -1.10. The lowest BCUT2D eigenvalue weighted by molar-refractivity contribution is 0.0696. The number of rotatable bonds is 3. The van der Waals surface area contributed by atoms with Gasteiger partial charge in [-0.15, -0.1) is 11.3 Å². The Bertz CT molecular complexity index is 626. The largest absolute Gasteiger partial charge is 0.478 e. The van der Waals surface area contributed by atoms with Crippen molar-refractivity contribution >= 4 is 34.2 Å². The van der Waals surface area contributed by atoms with Crippen LogP contribution in [0.4, 0.5) is 15.6 Å². The third-order valence-electron chi connectivity index (χ3n) is 2.08. The molecule has 2 rings (SSSR count). The number of nitrogens with one attached hydrogen (secondary N) is 2.